The highest BCUT2D eigenvalue weighted by Gasteiger charge is 2.06. The SMILES string of the molecule is COC(=O)c1cccc(NC(=S)NCc2ccccc2Cl)c1. The minimum Gasteiger partial charge on any atom is -0.465 e. The summed E-state index contributed by atoms with van der Waals surface area (Å²) >= 11 is 11.3. The summed E-state index contributed by atoms with van der Waals surface area (Å²) in [6.45, 7) is 0.516. The van der Waals surface area contributed by atoms with E-state index in [9.17, 15) is 4.79 Å². The average molecular weight is 335 g/mol. The van der Waals surface area contributed by atoms with E-state index in [0.717, 1.165) is 5.56 Å². The number of carbonyl (C=O) groups excluding carboxylic acids is 1. The minimum atomic E-state index is -0.390. The molecule has 2 rings (SSSR count). The Balaban J connectivity index is 1.95. The first-order chi connectivity index (χ1) is 10.6. The first kappa shape index (κ1) is 16.3. The smallest absolute Gasteiger partial charge is 0.337 e. The molecular formula is C16H15ClN2O2S. The fraction of sp³-hybridized carbons (Fsp3) is 0.125. The Morgan fingerprint density at radius 3 is 2.73 bits per heavy atom. The quantitative estimate of drug-likeness (QED) is 0.660. The Labute approximate surface area is 139 Å². The molecule has 0 unspecified atom stereocenters. The summed E-state index contributed by atoms with van der Waals surface area (Å²) < 4.78 is 4.68. The fourth-order valence-corrected chi connectivity index (χ4v) is 2.23. The van der Waals surface area contributed by atoms with Crippen molar-refractivity contribution in [2.24, 2.45) is 0 Å². The van der Waals surface area contributed by atoms with E-state index < -0.39 is 5.97 Å². The highest BCUT2D eigenvalue weighted by molar-refractivity contribution is 7.80. The second kappa shape index (κ2) is 7.77. The van der Waals surface area contributed by atoms with E-state index in [1.165, 1.54) is 7.11 Å². The van der Waals surface area contributed by atoms with E-state index in [0.29, 0.717) is 27.9 Å². The topological polar surface area (TPSA) is 50.4 Å². The maximum absolute atomic E-state index is 11.5. The van der Waals surface area contributed by atoms with Crippen LogP contribution in [0.15, 0.2) is 48.5 Å². The van der Waals surface area contributed by atoms with Crippen LogP contribution in [-0.4, -0.2) is 18.2 Å². The Morgan fingerprint density at radius 1 is 1.23 bits per heavy atom. The van der Waals surface area contributed by atoms with E-state index in [1.54, 1.807) is 18.2 Å². The maximum atomic E-state index is 11.5. The van der Waals surface area contributed by atoms with Crippen LogP contribution in [0, 0.1) is 0 Å². The normalized spacial score (nSPS) is 9.91. The number of benzene rings is 2. The molecule has 0 saturated carbocycles. The lowest BCUT2D eigenvalue weighted by atomic mass is 10.2. The van der Waals surface area contributed by atoms with Gasteiger partial charge in [-0.3, -0.25) is 0 Å². The van der Waals surface area contributed by atoms with Gasteiger partial charge in [-0.2, -0.15) is 0 Å². The zero-order valence-electron chi connectivity index (χ0n) is 11.9. The lowest BCUT2D eigenvalue weighted by Crippen LogP contribution is -2.28. The summed E-state index contributed by atoms with van der Waals surface area (Å²) in [5.74, 6) is -0.390. The number of carbonyl (C=O) groups is 1. The molecule has 0 amide bonds. The van der Waals surface area contributed by atoms with Gasteiger partial charge in [0.25, 0.3) is 0 Å². The number of ether oxygens (including phenoxy) is 1. The first-order valence-electron chi connectivity index (χ1n) is 6.57. The molecular weight excluding hydrogens is 320 g/mol. The van der Waals surface area contributed by atoms with Gasteiger partial charge in [-0.15, -0.1) is 0 Å². The van der Waals surface area contributed by atoms with Crippen LogP contribution in [0.2, 0.25) is 5.02 Å². The van der Waals surface area contributed by atoms with Crippen LogP contribution in [-0.2, 0) is 11.3 Å². The van der Waals surface area contributed by atoms with Crippen molar-refractivity contribution in [2.45, 2.75) is 6.54 Å². The van der Waals surface area contributed by atoms with Crippen molar-refractivity contribution < 1.29 is 9.53 Å². The third-order valence-corrected chi connectivity index (χ3v) is 3.55. The molecule has 2 aromatic carbocycles. The number of nitrogens with one attached hydrogen (secondary N) is 2. The van der Waals surface area contributed by atoms with Gasteiger partial charge in [0.2, 0.25) is 0 Å². The zero-order valence-corrected chi connectivity index (χ0v) is 13.5. The van der Waals surface area contributed by atoms with Gasteiger partial charge in [-0.05, 0) is 42.0 Å². The number of hydrogen-bond acceptors (Lipinski definition) is 3. The van der Waals surface area contributed by atoms with E-state index >= 15 is 0 Å². The number of methoxy groups -OCH3 is 1. The molecule has 2 aromatic rings. The summed E-state index contributed by atoms with van der Waals surface area (Å²) in [4.78, 5) is 11.5. The number of hydrogen-bond donors (Lipinski definition) is 2. The molecule has 2 N–H and O–H groups in total. The van der Waals surface area contributed by atoms with Crippen molar-refractivity contribution in [3.05, 3.63) is 64.7 Å². The van der Waals surface area contributed by atoms with Gasteiger partial charge in [0.15, 0.2) is 5.11 Å². The van der Waals surface area contributed by atoms with E-state index in [4.69, 9.17) is 23.8 Å². The van der Waals surface area contributed by atoms with Crippen molar-refractivity contribution in [1.29, 1.82) is 0 Å². The van der Waals surface area contributed by atoms with Crippen molar-refractivity contribution in [3.63, 3.8) is 0 Å². The summed E-state index contributed by atoms with van der Waals surface area (Å²) in [5.41, 5.74) is 2.12. The van der Waals surface area contributed by atoms with Gasteiger partial charge in [0, 0.05) is 17.3 Å². The van der Waals surface area contributed by atoms with E-state index in [2.05, 4.69) is 15.4 Å². The van der Waals surface area contributed by atoms with Crippen molar-refractivity contribution in [1.82, 2.24) is 5.32 Å². The molecule has 0 spiro atoms. The molecule has 0 bridgehead atoms. The molecule has 22 heavy (non-hydrogen) atoms. The van der Waals surface area contributed by atoms with Crippen LogP contribution in [0.25, 0.3) is 0 Å². The zero-order chi connectivity index (χ0) is 15.9. The molecule has 0 aliphatic carbocycles. The van der Waals surface area contributed by atoms with Crippen molar-refractivity contribution >= 4 is 40.6 Å². The number of thiocarbonyl (C=S) groups is 1. The Hall–Kier alpha value is -2.11. The predicted molar refractivity (Wildman–Crippen MR) is 92.3 cm³/mol. The van der Waals surface area contributed by atoms with Gasteiger partial charge < -0.3 is 15.4 Å². The number of anilines is 1. The molecule has 0 radical (unpaired) electrons. The average Bonchev–Trinajstić information content (AvgIpc) is 2.53. The van der Waals surface area contributed by atoms with Gasteiger partial charge in [-0.1, -0.05) is 35.9 Å². The van der Waals surface area contributed by atoms with Crippen LogP contribution in [0.5, 0.6) is 0 Å². The molecule has 4 nitrogen and oxygen atoms in total. The standard InChI is InChI=1S/C16H15ClN2O2S/c1-21-15(20)11-6-4-7-13(9-11)19-16(22)18-10-12-5-2-3-8-14(12)17/h2-9H,10H2,1H3,(H2,18,19,22). The Kier molecular flexibility index (Phi) is 5.75. The molecule has 6 heteroatoms. The highest BCUT2D eigenvalue weighted by atomic mass is 35.5. The third kappa shape index (κ3) is 4.44. The maximum Gasteiger partial charge on any atom is 0.337 e. The van der Waals surface area contributed by atoms with Gasteiger partial charge in [0.05, 0.1) is 12.7 Å². The summed E-state index contributed by atoms with van der Waals surface area (Å²) in [5, 5.41) is 7.22. The van der Waals surface area contributed by atoms with Gasteiger partial charge in [-0.25, -0.2) is 4.79 Å². The lowest BCUT2D eigenvalue weighted by molar-refractivity contribution is 0.0601. The minimum absolute atomic E-state index is 0.390. The van der Waals surface area contributed by atoms with E-state index in [-0.39, 0.29) is 0 Å². The van der Waals surface area contributed by atoms with Crippen LogP contribution in [0.4, 0.5) is 5.69 Å². The van der Waals surface area contributed by atoms with Crippen LogP contribution in [0.3, 0.4) is 0 Å². The summed E-state index contributed by atoms with van der Waals surface area (Å²) in [6.07, 6.45) is 0. The van der Waals surface area contributed by atoms with Crippen molar-refractivity contribution in [2.75, 3.05) is 12.4 Å². The predicted octanol–water partition coefficient (Wildman–Crippen LogP) is 3.61. The highest BCUT2D eigenvalue weighted by Crippen LogP contribution is 2.15. The molecule has 0 aromatic heterocycles. The van der Waals surface area contributed by atoms with Crippen LogP contribution < -0.4 is 10.6 Å². The van der Waals surface area contributed by atoms with Crippen molar-refractivity contribution in [3.8, 4) is 0 Å². The number of rotatable bonds is 4. The summed E-state index contributed by atoms with van der Waals surface area (Å²) in [7, 11) is 1.35. The number of halogens is 1. The second-order valence-electron chi connectivity index (χ2n) is 4.47. The molecule has 114 valence electrons. The summed E-state index contributed by atoms with van der Waals surface area (Å²) in [6, 6.07) is 14.5. The van der Waals surface area contributed by atoms with Crippen LogP contribution >= 0.6 is 23.8 Å². The van der Waals surface area contributed by atoms with Gasteiger partial charge in [0.1, 0.15) is 0 Å². The Morgan fingerprint density at radius 2 is 2.00 bits per heavy atom. The third-order valence-electron chi connectivity index (χ3n) is 2.94. The molecule has 0 aliphatic heterocycles. The molecule has 0 heterocycles. The molecule has 0 atom stereocenters. The monoisotopic (exact) mass is 334 g/mol. The largest absolute Gasteiger partial charge is 0.465 e. The van der Waals surface area contributed by atoms with E-state index in [1.807, 2.05) is 30.3 Å². The first-order valence-corrected chi connectivity index (χ1v) is 7.35. The lowest BCUT2D eigenvalue weighted by Gasteiger charge is -2.12. The van der Waals surface area contributed by atoms with Gasteiger partial charge >= 0.3 is 5.97 Å². The molecule has 0 aliphatic rings. The molecule has 0 fully saturated rings. The number of esters is 1. The molecule has 0 saturated heterocycles. The second-order valence-corrected chi connectivity index (χ2v) is 5.29. The Bertz CT molecular complexity index is 691. The van der Waals surface area contributed by atoms with Crippen LogP contribution in [0.1, 0.15) is 15.9 Å². The fourth-order valence-electron chi connectivity index (χ4n) is 1.83.